The SMILES string of the molecule is Cc1cccc2c1C(C)CC2CC(=O)N1CCCc2n[nH]nc21. The number of hydrogen-bond donors (Lipinski definition) is 1. The van der Waals surface area contributed by atoms with Crippen molar-refractivity contribution in [1.29, 1.82) is 0 Å². The number of aryl methyl sites for hydroxylation is 2. The number of aromatic amines is 1. The van der Waals surface area contributed by atoms with Crippen LogP contribution in [0.15, 0.2) is 18.2 Å². The van der Waals surface area contributed by atoms with E-state index in [9.17, 15) is 4.79 Å². The lowest BCUT2D eigenvalue weighted by molar-refractivity contribution is -0.119. The molecule has 1 aromatic carbocycles. The minimum atomic E-state index is 0.173. The Balaban J connectivity index is 1.57. The fourth-order valence-electron chi connectivity index (χ4n) is 4.30. The van der Waals surface area contributed by atoms with Gasteiger partial charge in [-0.15, -0.1) is 5.10 Å². The van der Waals surface area contributed by atoms with Gasteiger partial charge in [0.2, 0.25) is 5.91 Å². The second-order valence-electron chi connectivity index (χ2n) is 6.86. The summed E-state index contributed by atoms with van der Waals surface area (Å²) in [5, 5.41) is 11.0. The summed E-state index contributed by atoms with van der Waals surface area (Å²) in [5.41, 5.74) is 5.08. The molecule has 1 aliphatic carbocycles. The normalized spacial score (nSPS) is 22.8. The van der Waals surface area contributed by atoms with Gasteiger partial charge in [-0.1, -0.05) is 25.1 Å². The van der Waals surface area contributed by atoms with Gasteiger partial charge in [-0.05, 0) is 54.7 Å². The van der Waals surface area contributed by atoms with Gasteiger partial charge >= 0.3 is 0 Å². The van der Waals surface area contributed by atoms with Crippen LogP contribution in [0, 0.1) is 6.92 Å². The summed E-state index contributed by atoms with van der Waals surface area (Å²) in [4.78, 5) is 14.7. The molecule has 5 heteroatoms. The number of aromatic nitrogens is 3. The number of rotatable bonds is 2. The van der Waals surface area contributed by atoms with Crippen LogP contribution < -0.4 is 4.90 Å². The van der Waals surface area contributed by atoms with Crippen molar-refractivity contribution >= 4 is 11.7 Å². The molecular weight excluding hydrogens is 288 g/mol. The van der Waals surface area contributed by atoms with Gasteiger partial charge in [-0.2, -0.15) is 10.3 Å². The molecule has 2 unspecified atom stereocenters. The highest BCUT2D eigenvalue weighted by Crippen LogP contribution is 2.45. The molecule has 2 atom stereocenters. The maximum absolute atomic E-state index is 12.9. The van der Waals surface area contributed by atoms with Crippen molar-refractivity contribution in [3.8, 4) is 0 Å². The molecule has 2 aliphatic rings. The van der Waals surface area contributed by atoms with E-state index in [4.69, 9.17) is 0 Å². The van der Waals surface area contributed by atoms with Crippen LogP contribution in [0.5, 0.6) is 0 Å². The van der Waals surface area contributed by atoms with Gasteiger partial charge < -0.3 is 0 Å². The predicted molar refractivity (Wildman–Crippen MR) is 88.6 cm³/mol. The van der Waals surface area contributed by atoms with Crippen LogP contribution in [-0.4, -0.2) is 27.9 Å². The van der Waals surface area contributed by atoms with Gasteiger partial charge in [0.1, 0.15) is 5.69 Å². The van der Waals surface area contributed by atoms with E-state index in [1.54, 1.807) is 0 Å². The zero-order valence-corrected chi connectivity index (χ0v) is 13.7. The summed E-state index contributed by atoms with van der Waals surface area (Å²) in [7, 11) is 0. The highest BCUT2D eigenvalue weighted by atomic mass is 16.2. The maximum Gasteiger partial charge on any atom is 0.228 e. The fraction of sp³-hybridized carbons (Fsp3) is 0.500. The number of carbonyl (C=O) groups excluding carboxylic acids is 1. The van der Waals surface area contributed by atoms with Gasteiger partial charge in [0, 0.05) is 13.0 Å². The Morgan fingerprint density at radius 3 is 3.13 bits per heavy atom. The average molecular weight is 310 g/mol. The Morgan fingerprint density at radius 2 is 2.26 bits per heavy atom. The van der Waals surface area contributed by atoms with Crippen molar-refractivity contribution in [2.75, 3.05) is 11.4 Å². The van der Waals surface area contributed by atoms with Gasteiger partial charge in [0.25, 0.3) is 0 Å². The first-order valence-corrected chi connectivity index (χ1v) is 8.44. The fourth-order valence-corrected chi connectivity index (χ4v) is 4.30. The van der Waals surface area contributed by atoms with E-state index in [1.807, 2.05) is 4.90 Å². The predicted octanol–water partition coefficient (Wildman–Crippen LogP) is 3.07. The highest BCUT2D eigenvalue weighted by molar-refractivity contribution is 5.93. The van der Waals surface area contributed by atoms with Crippen molar-refractivity contribution in [1.82, 2.24) is 15.4 Å². The molecule has 0 fully saturated rings. The molecule has 1 aliphatic heterocycles. The van der Waals surface area contributed by atoms with E-state index >= 15 is 0 Å². The quantitative estimate of drug-likeness (QED) is 0.927. The van der Waals surface area contributed by atoms with E-state index in [-0.39, 0.29) is 5.91 Å². The molecule has 0 bridgehead atoms. The molecule has 0 spiro atoms. The molecule has 1 N–H and O–H groups in total. The lowest BCUT2D eigenvalue weighted by Gasteiger charge is -2.26. The van der Waals surface area contributed by atoms with Crippen molar-refractivity contribution < 1.29 is 4.79 Å². The summed E-state index contributed by atoms with van der Waals surface area (Å²) >= 11 is 0. The molecule has 2 heterocycles. The van der Waals surface area contributed by atoms with Crippen LogP contribution in [0.25, 0.3) is 0 Å². The number of nitrogens with one attached hydrogen (secondary N) is 1. The lowest BCUT2D eigenvalue weighted by Crippen LogP contribution is -2.36. The van der Waals surface area contributed by atoms with Crippen molar-refractivity contribution in [3.63, 3.8) is 0 Å². The standard InChI is InChI=1S/C18H22N4O/c1-11-5-3-6-14-13(9-12(2)17(11)14)10-16(23)22-8-4-7-15-18(22)20-21-19-15/h3,5-6,12-13H,4,7-10H2,1-2H3,(H,19,20,21). The lowest BCUT2D eigenvalue weighted by atomic mass is 9.95. The smallest absolute Gasteiger partial charge is 0.228 e. The molecule has 2 aromatic rings. The largest absolute Gasteiger partial charge is 0.294 e. The molecule has 4 rings (SSSR count). The molecule has 23 heavy (non-hydrogen) atoms. The highest BCUT2D eigenvalue weighted by Gasteiger charge is 2.33. The van der Waals surface area contributed by atoms with Gasteiger partial charge in [-0.25, -0.2) is 0 Å². The Hall–Kier alpha value is -2.17. The number of carbonyl (C=O) groups is 1. The molecule has 120 valence electrons. The van der Waals surface area contributed by atoms with Crippen molar-refractivity contribution in [3.05, 3.63) is 40.6 Å². The zero-order valence-electron chi connectivity index (χ0n) is 13.7. The molecule has 1 aromatic heterocycles. The number of H-pyrrole nitrogens is 1. The van der Waals surface area contributed by atoms with Crippen LogP contribution in [-0.2, 0) is 11.2 Å². The van der Waals surface area contributed by atoms with E-state index in [0.717, 1.165) is 37.3 Å². The van der Waals surface area contributed by atoms with E-state index in [0.29, 0.717) is 18.3 Å². The third-order valence-corrected chi connectivity index (χ3v) is 5.30. The monoisotopic (exact) mass is 310 g/mol. The third kappa shape index (κ3) is 2.35. The van der Waals surface area contributed by atoms with E-state index in [1.165, 1.54) is 16.7 Å². The van der Waals surface area contributed by atoms with E-state index in [2.05, 4.69) is 47.5 Å². The zero-order chi connectivity index (χ0) is 16.0. The minimum Gasteiger partial charge on any atom is -0.294 e. The van der Waals surface area contributed by atoms with Crippen molar-refractivity contribution in [2.24, 2.45) is 0 Å². The molecule has 5 nitrogen and oxygen atoms in total. The summed E-state index contributed by atoms with van der Waals surface area (Å²) in [6.45, 7) is 5.19. The molecule has 0 saturated heterocycles. The summed E-state index contributed by atoms with van der Waals surface area (Å²) in [6, 6.07) is 6.48. The Kier molecular flexibility index (Phi) is 3.43. The van der Waals surface area contributed by atoms with E-state index < -0.39 is 0 Å². The molecule has 1 amide bonds. The molecular formula is C18H22N4O. The number of amides is 1. The van der Waals surface area contributed by atoms with Gasteiger partial charge in [0.05, 0.1) is 0 Å². The van der Waals surface area contributed by atoms with Crippen molar-refractivity contribution in [2.45, 2.75) is 51.4 Å². The van der Waals surface area contributed by atoms with Crippen LogP contribution in [0.4, 0.5) is 5.82 Å². The summed E-state index contributed by atoms with van der Waals surface area (Å²) in [5.74, 6) is 1.76. The summed E-state index contributed by atoms with van der Waals surface area (Å²) < 4.78 is 0. The molecule has 0 saturated carbocycles. The summed E-state index contributed by atoms with van der Waals surface area (Å²) in [6.07, 6.45) is 3.48. The van der Waals surface area contributed by atoms with Gasteiger partial charge in [0.15, 0.2) is 5.82 Å². The average Bonchev–Trinajstić information content (AvgIpc) is 3.13. The first-order chi connectivity index (χ1) is 11.1. The number of fused-ring (bicyclic) bond motifs is 2. The Labute approximate surface area is 136 Å². The Bertz CT molecular complexity index is 751. The number of benzene rings is 1. The Morgan fingerprint density at radius 1 is 1.39 bits per heavy atom. The number of anilines is 1. The third-order valence-electron chi connectivity index (χ3n) is 5.30. The second kappa shape index (κ2) is 5.48. The van der Waals surface area contributed by atoms with Crippen LogP contribution in [0.1, 0.15) is 60.4 Å². The minimum absolute atomic E-state index is 0.173. The van der Waals surface area contributed by atoms with Gasteiger partial charge in [-0.3, -0.25) is 9.69 Å². The maximum atomic E-state index is 12.9. The van der Waals surface area contributed by atoms with Crippen LogP contribution in [0.2, 0.25) is 0 Å². The second-order valence-corrected chi connectivity index (χ2v) is 6.86. The number of nitrogens with zero attached hydrogens (tertiary/aromatic N) is 3. The van der Waals surface area contributed by atoms with Crippen LogP contribution in [0.3, 0.4) is 0 Å². The topological polar surface area (TPSA) is 61.9 Å². The molecule has 0 radical (unpaired) electrons. The van der Waals surface area contributed by atoms with Crippen LogP contribution >= 0.6 is 0 Å². The first-order valence-electron chi connectivity index (χ1n) is 8.44. The number of hydrogen-bond acceptors (Lipinski definition) is 3. The first kappa shape index (κ1) is 14.4.